The van der Waals surface area contributed by atoms with E-state index in [1.54, 1.807) is 7.11 Å². The average Bonchev–Trinajstić information content (AvgIpc) is 3.02. The number of nitrogens with one attached hydrogen (secondary N) is 1. The Morgan fingerprint density at radius 2 is 1.71 bits per heavy atom. The van der Waals surface area contributed by atoms with Crippen molar-refractivity contribution < 1.29 is 28.5 Å². The van der Waals surface area contributed by atoms with Crippen LogP contribution in [0.2, 0.25) is 0 Å². The molecule has 0 spiro atoms. The van der Waals surface area contributed by atoms with Gasteiger partial charge in [0.2, 0.25) is 0 Å². The highest BCUT2D eigenvalue weighted by atomic mass is 32.2. The molecule has 11 heteroatoms. The summed E-state index contributed by atoms with van der Waals surface area (Å²) in [6, 6.07) is 8.51. The number of thioether (sulfide) groups is 1. The molecule has 1 fully saturated rings. The number of carbonyl (C=O) groups is 2. The minimum atomic E-state index is -1.08. The maximum Gasteiger partial charge on any atom is 0.330 e. The van der Waals surface area contributed by atoms with Gasteiger partial charge in [-0.3, -0.25) is 23.9 Å². The zero-order valence-electron chi connectivity index (χ0n) is 17.1. The van der Waals surface area contributed by atoms with Gasteiger partial charge in [0.25, 0.3) is 5.56 Å². The third-order valence-electron chi connectivity index (χ3n) is 4.49. The van der Waals surface area contributed by atoms with Crippen LogP contribution in [-0.2, 0) is 23.8 Å². The van der Waals surface area contributed by atoms with E-state index in [-0.39, 0.29) is 0 Å². The van der Waals surface area contributed by atoms with E-state index in [4.69, 9.17) is 18.9 Å². The van der Waals surface area contributed by atoms with Crippen LogP contribution in [0.15, 0.2) is 51.0 Å². The van der Waals surface area contributed by atoms with E-state index in [0.29, 0.717) is 11.5 Å². The van der Waals surface area contributed by atoms with Crippen molar-refractivity contribution in [3.63, 3.8) is 0 Å². The standard InChI is InChI=1S/C20H22N2O8S/c1-11(23)28-17-15(10-31-14-6-4-13(27-3)5-7-14)30-19(18(17)29-12(2)24)22-9-8-16(25)21-20(22)26/h4-9,15,17-19H,10H2,1-3H3,(H,21,25,26)/t15-,17-,18-,19-/m1/s1. The summed E-state index contributed by atoms with van der Waals surface area (Å²) in [6.45, 7) is 2.44. The zero-order valence-corrected chi connectivity index (χ0v) is 17.9. The van der Waals surface area contributed by atoms with Gasteiger partial charge in [-0.2, -0.15) is 0 Å². The molecule has 10 nitrogen and oxygen atoms in total. The van der Waals surface area contributed by atoms with Crippen LogP contribution in [0.4, 0.5) is 0 Å². The number of methoxy groups -OCH3 is 1. The van der Waals surface area contributed by atoms with Crippen molar-refractivity contribution >= 4 is 23.7 Å². The third-order valence-corrected chi connectivity index (χ3v) is 5.59. The van der Waals surface area contributed by atoms with Gasteiger partial charge in [-0.1, -0.05) is 0 Å². The molecule has 1 aliphatic rings. The number of ether oxygens (including phenoxy) is 4. The van der Waals surface area contributed by atoms with E-state index in [9.17, 15) is 19.2 Å². The minimum absolute atomic E-state index is 0.344. The van der Waals surface area contributed by atoms with Gasteiger partial charge in [0, 0.05) is 36.8 Å². The molecule has 2 aromatic rings. The van der Waals surface area contributed by atoms with Crippen molar-refractivity contribution in [1.82, 2.24) is 9.55 Å². The number of H-pyrrole nitrogens is 1. The Hall–Kier alpha value is -3.05. The van der Waals surface area contributed by atoms with Crippen LogP contribution in [-0.4, -0.2) is 52.7 Å². The normalized spacial score (nSPS) is 22.7. The smallest absolute Gasteiger partial charge is 0.330 e. The molecule has 2 heterocycles. The topological polar surface area (TPSA) is 126 Å². The van der Waals surface area contributed by atoms with Crippen LogP contribution < -0.4 is 16.0 Å². The summed E-state index contributed by atoms with van der Waals surface area (Å²) < 4.78 is 23.0. The predicted molar refractivity (Wildman–Crippen MR) is 110 cm³/mol. The van der Waals surface area contributed by atoms with E-state index in [1.807, 2.05) is 24.3 Å². The molecule has 4 atom stereocenters. The second kappa shape index (κ2) is 9.84. The molecule has 1 aromatic carbocycles. The molecule has 0 aliphatic carbocycles. The number of aromatic amines is 1. The monoisotopic (exact) mass is 450 g/mol. The molecule has 0 unspecified atom stereocenters. The fraction of sp³-hybridized carbons (Fsp3) is 0.400. The largest absolute Gasteiger partial charge is 0.497 e. The fourth-order valence-corrected chi connectivity index (χ4v) is 4.15. The number of rotatable bonds is 7. The van der Waals surface area contributed by atoms with Gasteiger partial charge in [0.15, 0.2) is 18.4 Å². The number of hydrogen-bond donors (Lipinski definition) is 1. The highest BCUT2D eigenvalue weighted by Gasteiger charge is 2.50. The lowest BCUT2D eigenvalue weighted by Gasteiger charge is -2.23. The van der Waals surface area contributed by atoms with Gasteiger partial charge in [-0.05, 0) is 24.3 Å². The van der Waals surface area contributed by atoms with Gasteiger partial charge < -0.3 is 18.9 Å². The van der Waals surface area contributed by atoms with Crippen molar-refractivity contribution in [2.24, 2.45) is 0 Å². The Morgan fingerprint density at radius 1 is 1.06 bits per heavy atom. The molecule has 166 valence electrons. The summed E-state index contributed by atoms with van der Waals surface area (Å²) >= 11 is 1.43. The maximum absolute atomic E-state index is 12.3. The van der Waals surface area contributed by atoms with E-state index in [2.05, 4.69) is 4.98 Å². The van der Waals surface area contributed by atoms with Crippen molar-refractivity contribution in [1.29, 1.82) is 0 Å². The highest BCUT2D eigenvalue weighted by molar-refractivity contribution is 7.99. The fourth-order valence-electron chi connectivity index (χ4n) is 3.20. The number of carbonyl (C=O) groups excluding carboxylic acids is 2. The van der Waals surface area contributed by atoms with E-state index >= 15 is 0 Å². The SMILES string of the molecule is COc1ccc(SC[C@H]2O[C@@H](n3ccc(=O)[nH]c3=O)[C@H](OC(C)=O)[C@@H]2OC(C)=O)cc1. The van der Waals surface area contributed by atoms with Crippen LogP contribution in [0.1, 0.15) is 20.1 Å². The molecule has 1 N–H and O–H groups in total. The molecule has 0 radical (unpaired) electrons. The summed E-state index contributed by atoms with van der Waals surface area (Å²) in [6.07, 6.45) is -2.56. The third kappa shape index (κ3) is 5.56. The summed E-state index contributed by atoms with van der Waals surface area (Å²) in [5, 5.41) is 0. The Labute approximate surface area is 181 Å². The first kappa shape index (κ1) is 22.6. The Bertz CT molecular complexity index is 1050. The summed E-state index contributed by atoms with van der Waals surface area (Å²) in [5.41, 5.74) is -1.31. The molecular formula is C20H22N2O8S. The van der Waals surface area contributed by atoms with Crippen LogP contribution in [0.3, 0.4) is 0 Å². The van der Waals surface area contributed by atoms with Crippen LogP contribution in [0, 0.1) is 0 Å². The molecule has 31 heavy (non-hydrogen) atoms. The first-order chi connectivity index (χ1) is 14.8. The first-order valence-electron chi connectivity index (χ1n) is 9.36. The Morgan fingerprint density at radius 3 is 2.29 bits per heavy atom. The van der Waals surface area contributed by atoms with Crippen molar-refractivity contribution in [3.8, 4) is 5.75 Å². The van der Waals surface area contributed by atoms with Crippen molar-refractivity contribution in [3.05, 3.63) is 57.4 Å². The van der Waals surface area contributed by atoms with Gasteiger partial charge >= 0.3 is 17.6 Å². The summed E-state index contributed by atoms with van der Waals surface area (Å²) in [4.78, 5) is 50.2. The predicted octanol–water partition coefficient (Wildman–Crippen LogP) is 1.10. The molecule has 0 amide bonds. The van der Waals surface area contributed by atoms with Crippen LogP contribution in [0.5, 0.6) is 5.75 Å². The molecular weight excluding hydrogens is 428 g/mol. The van der Waals surface area contributed by atoms with Crippen LogP contribution in [0.25, 0.3) is 0 Å². The van der Waals surface area contributed by atoms with E-state index in [0.717, 1.165) is 15.5 Å². The van der Waals surface area contributed by atoms with Gasteiger partial charge in [0.1, 0.15) is 11.9 Å². The van der Waals surface area contributed by atoms with Gasteiger partial charge in [-0.25, -0.2) is 4.79 Å². The lowest BCUT2D eigenvalue weighted by atomic mass is 10.1. The summed E-state index contributed by atoms with van der Waals surface area (Å²) in [7, 11) is 1.58. The lowest BCUT2D eigenvalue weighted by Crippen LogP contribution is -2.42. The van der Waals surface area contributed by atoms with E-state index < -0.39 is 47.7 Å². The van der Waals surface area contributed by atoms with Crippen molar-refractivity contribution in [2.45, 2.75) is 43.3 Å². The molecule has 0 bridgehead atoms. The molecule has 1 saturated heterocycles. The zero-order chi connectivity index (χ0) is 22.5. The first-order valence-corrected chi connectivity index (χ1v) is 10.3. The molecule has 3 rings (SSSR count). The van der Waals surface area contributed by atoms with Gasteiger partial charge in [-0.15, -0.1) is 11.8 Å². The highest BCUT2D eigenvalue weighted by Crippen LogP contribution is 2.36. The lowest BCUT2D eigenvalue weighted by molar-refractivity contribution is -0.165. The number of hydrogen-bond acceptors (Lipinski definition) is 9. The molecule has 1 aliphatic heterocycles. The number of nitrogens with zero attached hydrogens (tertiary/aromatic N) is 1. The molecule has 1 aromatic heterocycles. The number of benzene rings is 1. The Kier molecular flexibility index (Phi) is 7.18. The second-order valence-electron chi connectivity index (χ2n) is 6.72. The quantitative estimate of drug-likeness (QED) is 0.487. The molecule has 0 saturated carbocycles. The number of esters is 2. The van der Waals surface area contributed by atoms with Crippen molar-refractivity contribution in [2.75, 3.05) is 12.9 Å². The Balaban J connectivity index is 1.88. The van der Waals surface area contributed by atoms with Crippen LogP contribution >= 0.6 is 11.8 Å². The number of aromatic nitrogens is 2. The van der Waals surface area contributed by atoms with E-state index in [1.165, 1.54) is 31.8 Å². The summed E-state index contributed by atoms with van der Waals surface area (Å²) in [5.74, 6) is -0.153. The minimum Gasteiger partial charge on any atom is -0.497 e. The maximum atomic E-state index is 12.3. The second-order valence-corrected chi connectivity index (χ2v) is 7.81. The average molecular weight is 450 g/mol. The van der Waals surface area contributed by atoms with Gasteiger partial charge in [0.05, 0.1) is 7.11 Å².